The molecule has 0 aliphatic rings. The summed E-state index contributed by atoms with van der Waals surface area (Å²) in [6, 6.07) is 12.8. The molecule has 2 aromatic rings. The minimum absolute atomic E-state index is 0.326. The van der Waals surface area contributed by atoms with Gasteiger partial charge in [-0.2, -0.15) is 0 Å². The zero-order chi connectivity index (χ0) is 16.1. The van der Waals surface area contributed by atoms with Gasteiger partial charge in [-0.25, -0.2) is 0 Å². The normalized spacial score (nSPS) is 10.1. The van der Waals surface area contributed by atoms with Crippen molar-refractivity contribution in [3.63, 3.8) is 0 Å². The van der Waals surface area contributed by atoms with E-state index in [1.807, 2.05) is 44.4 Å². The first-order valence-corrected chi connectivity index (χ1v) is 8.06. The molecule has 0 saturated carbocycles. The van der Waals surface area contributed by atoms with Crippen molar-refractivity contribution >= 4 is 23.6 Å². The van der Waals surface area contributed by atoms with Crippen LogP contribution in [0.5, 0.6) is 0 Å². The van der Waals surface area contributed by atoms with Gasteiger partial charge in [-0.05, 0) is 43.9 Å². The lowest BCUT2D eigenvalue weighted by Crippen LogP contribution is -2.42. The van der Waals surface area contributed by atoms with Crippen molar-refractivity contribution in [2.75, 3.05) is 6.26 Å². The number of amides is 2. The van der Waals surface area contributed by atoms with E-state index in [0.717, 1.165) is 16.0 Å². The molecule has 0 radical (unpaired) electrons. The Morgan fingerprint density at radius 3 is 2.18 bits per heavy atom. The topological polar surface area (TPSA) is 58.2 Å². The second-order valence-corrected chi connectivity index (χ2v) is 5.77. The molecule has 0 heterocycles. The summed E-state index contributed by atoms with van der Waals surface area (Å²) < 4.78 is 0. The lowest BCUT2D eigenvalue weighted by Gasteiger charge is -2.11. The SMILES string of the molecule is CSc1ccccc1C(=O)NNC(=O)c1ccc(C)cc1C. The van der Waals surface area contributed by atoms with Crippen molar-refractivity contribution in [3.8, 4) is 0 Å². The smallest absolute Gasteiger partial charge is 0.267 e. The Labute approximate surface area is 134 Å². The zero-order valence-corrected chi connectivity index (χ0v) is 13.6. The van der Waals surface area contributed by atoms with Crippen molar-refractivity contribution in [2.45, 2.75) is 18.7 Å². The predicted octanol–water partition coefficient (Wildman–Crippen LogP) is 3.10. The van der Waals surface area contributed by atoms with Gasteiger partial charge in [0, 0.05) is 10.5 Å². The van der Waals surface area contributed by atoms with Crippen LogP contribution in [0.1, 0.15) is 31.8 Å². The number of hydrazine groups is 1. The number of aryl methyl sites for hydroxylation is 2. The molecule has 0 atom stereocenters. The first-order chi connectivity index (χ1) is 10.5. The van der Waals surface area contributed by atoms with Crippen LogP contribution in [0.2, 0.25) is 0 Å². The standard InChI is InChI=1S/C17H18N2O2S/c1-11-8-9-13(12(2)10-11)16(20)18-19-17(21)14-6-4-5-7-15(14)22-3/h4-10H,1-3H3,(H,18,20)(H,19,21). The van der Waals surface area contributed by atoms with Crippen molar-refractivity contribution in [1.82, 2.24) is 10.9 Å². The highest BCUT2D eigenvalue weighted by atomic mass is 32.2. The molecule has 2 N–H and O–H groups in total. The second kappa shape index (κ2) is 7.13. The first kappa shape index (κ1) is 16.1. The number of carbonyl (C=O) groups is 2. The maximum atomic E-state index is 12.2. The van der Waals surface area contributed by atoms with Gasteiger partial charge in [0.1, 0.15) is 0 Å². The van der Waals surface area contributed by atoms with Crippen molar-refractivity contribution in [2.24, 2.45) is 0 Å². The monoisotopic (exact) mass is 314 g/mol. The van der Waals surface area contributed by atoms with Crippen LogP contribution in [0, 0.1) is 13.8 Å². The lowest BCUT2D eigenvalue weighted by atomic mass is 10.1. The minimum atomic E-state index is -0.330. The van der Waals surface area contributed by atoms with Crippen LogP contribution >= 0.6 is 11.8 Å². The molecule has 0 fully saturated rings. The molecule has 0 aliphatic carbocycles. The van der Waals surface area contributed by atoms with E-state index in [2.05, 4.69) is 10.9 Å². The minimum Gasteiger partial charge on any atom is -0.267 e. The van der Waals surface area contributed by atoms with Gasteiger partial charge >= 0.3 is 0 Å². The van der Waals surface area contributed by atoms with Gasteiger partial charge in [0.25, 0.3) is 11.8 Å². The summed E-state index contributed by atoms with van der Waals surface area (Å²) in [5.41, 5.74) is 7.97. The molecule has 0 bridgehead atoms. The molecule has 4 nitrogen and oxygen atoms in total. The summed E-state index contributed by atoms with van der Waals surface area (Å²) in [7, 11) is 0. The number of rotatable bonds is 3. The molecule has 0 unspecified atom stereocenters. The molecule has 0 aliphatic heterocycles. The number of hydrogen-bond acceptors (Lipinski definition) is 3. The Bertz CT molecular complexity index is 714. The largest absolute Gasteiger partial charge is 0.270 e. The summed E-state index contributed by atoms with van der Waals surface area (Å²) in [4.78, 5) is 25.2. The van der Waals surface area contributed by atoms with E-state index >= 15 is 0 Å². The van der Waals surface area contributed by atoms with Crippen LogP contribution in [0.4, 0.5) is 0 Å². The molecule has 0 saturated heterocycles. The molecule has 2 rings (SSSR count). The van der Waals surface area contributed by atoms with Crippen LogP contribution in [0.15, 0.2) is 47.4 Å². The Kier molecular flexibility index (Phi) is 5.22. The van der Waals surface area contributed by atoms with Crippen molar-refractivity contribution in [3.05, 3.63) is 64.7 Å². The van der Waals surface area contributed by atoms with Gasteiger partial charge in [-0.1, -0.05) is 29.8 Å². The number of benzene rings is 2. The average molecular weight is 314 g/mol. The van der Waals surface area contributed by atoms with E-state index in [9.17, 15) is 9.59 Å². The van der Waals surface area contributed by atoms with Gasteiger partial charge in [-0.15, -0.1) is 11.8 Å². The van der Waals surface area contributed by atoms with E-state index in [1.165, 1.54) is 11.8 Å². The zero-order valence-electron chi connectivity index (χ0n) is 12.8. The van der Waals surface area contributed by atoms with Crippen LogP contribution < -0.4 is 10.9 Å². The van der Waals surface area contributed by atoms with Gasteiger partial charge in [0.2, 0.25) is 0 Å². The van der Waals surface area contributed by atoms with Crippen LogP contribution in [-0.2, 0) is 0 Å². The van der Waals surface area contributed by atoms with Gasteiger partial charge in [-0.3, -0.25) is 20.4 Å². The fourth-order valence-electron chi connectivity index (χ4n) is 2.15. The molecule has 5 heteroatoms. The van der Waals surface area contributed by atoms with Crippen molar-refractivity contribution < 1.29 is 9.59 Å². The number of nitrogens with one attached hydrogen (secondary N) is 2. The highest BCUT2D eigenvalue weighted by molar-refractivity contribution is 7.98. The average Bonchev–Trinajstić information content (AvgIpc) is 2.52. The first-order valence-electron chi connectivity index (χ1n) is 6.84. The Morgan fingerprint density at radius 1 is 0.909 bits per heavy atom. The molecule has 2 aromatic carbocycles. The molecule has 0 spiro atoms. The highest BCUT2D eigenvalue weighted by Gasteiger charge is 2.13. The molecular formula is C17H18N2O2S. The molecular weight excluding hydrogens is 296 g/mol. The molecule has 114 valence electrons. The van der Waals surface area contributed by atoms with Crippen LogP contribution in [0.3, 0.4) is 0 Å². The number of carbonyl (C=O) groups excluding carboxylic acids is 2. The van der Waals surface area contributed by atoms with Crippen LogP contribution in [0.25, 0.3) is 0 Å². The van der Waals surface area contributed by atoms with E-state index in [1.54, 1.807) is 18.2 Å². The Hall–Kier alpha value is -2.27. The Morgan fingerprint density at radius 2 is 1.55 bits per heavy atom. The fourth-order valence-corrected chi connectivity index (χ4v) is 2.74. The van der Waals surface area contributed by atoms with Gasteiger partial charge in [0.15, 0.2) is 0 Å². The van der Waals surface area contributed by atoms with E-state index in [-0.39, 0.29) is 11.8 Å². The van der Waals surface area contributed by atoms with Crippen LogP contribution in [-0.4, -0.2) is 18.1 Å². The highest BCUT2D eigenvalue weighted by Crippen LogP contribution is 2.19. The third kappa shape index (κ3) is 3.68. The van der Waals surface area contributed by atoms with Crippen molar-refractivity contribution in [1.29, 1.82) is 0 Å². The summed E-state index contributed by atoms with van der Waals surface area (Å²) in [5.74, 6) is -0.657. The lowest BCUT2D eigenvalue weighted by molar-refractivity contribution is 0.0844. The fraction of sp³-hybridized carbons (Fsp3) is 0.176. The quantitative estimate of drug-likeness (QED) is 0.676. The van der Waals surface area contributed by atoms with Gasteiger partial charge in [0.05, 0.1) is 5.56 Å². The predicted molar refractivity (Wildman–Crippen MR) is 89.1 cm³/mol. The number of thioether (sulfide) groups is 1. The Balaban J connectivity index is 2.06. The summed E-state index contributed by atoms with van der Waals surface area (Å²) >= 11 is 1.48. The summed E-state index contributed by atoms with van der Waals surface area (Å²) in [6.45, 7) is 3.84. The van der Waals surface area contributed by atoms with E-state index in [0.29, 0.717) is 11.1 Å². The third-order valence-corrected chi connectivity index (χ3v) is 4.06. The molecule has 0 aromatic heterocycles. The van der Waals surface area contributed by atoms with E-state index in [4.69, 9.17) is 0 Å². The van der Waals surface area contributed by atoms with E-state index < -0.39 is 0 Å². The number of hydrogen-bond donors (Lipinski definition) is 2. The maximum Gasteiger partial charge on any atom is 0.270 e. The molecule has 2 amide bonds. The second-order valence-electron chi connectivity index (χ2n) is 4.93. The molecule has 22 heavy (non-hydrogen) atoms. The maximum absolute atomic E-state index is 12.2. The summed E-state index contributed by atoms with van der Waals surface area (Å²) in [5, 5.41) is 0. The summed E-state index contributed by atoms with van der Waals surface area (Å²) in [6.07, 6.45) is 1.90. The van der Waals surface area contributed by atoms with Gasteiger partial charge < -0.3 is 0 Å². The third-order valence-electron chi connectivity index (χ3n) is 3.27.